The summed E-state index contributed by atoms with van der Waals surface area (Å²) >= 11 is 0. The SMILES string of the molecule is COc1cc(C(C)C)ccc1C(N)C(N)CO. The fraction of sp³-hybridized carbons (Fsp3) is 0.538. The van der Waals surface area contributed by atoms with Crippen molar-refractivity contribution in [3.63, 3.8) is 0 Å². The van der Waals surface area contributed by atoms with Crippen LogP contribution in [-0.4, -0.2) is 24.9 Å². The lowest BCUT2D eigenvalue weighted by atomic mass is 9.95. The number of nitrogens with two attached hydrogens (primary N) is 2. The monoisotopic (exact) mass is 238 g/mol. The van der Waals surface area contributed by atoms with Gasteiger partial charge in [0.15, 0.2) is 0 Å². The van der Waals surface area contributed by atoms with Gasteiger partial charge in [0, 0.05) is 11.6 Å². The lowest BCUT2D eigenvalue weighted by Crippen LogP contribution is -2.37. The minimum Gasteiger partial charge on any atom is -0.496 e. The molecule has 1 aromatic rings. The molecule has 0 aromatic heterocycles. The maximum Gasteiger partial charge on any atom is 0.123 e. The van der Waals surface area contributed by atoms with Gasteiger partial charge in [0.05, 0.1) is 19.8 Å². The number of rotatable bonds is 5. The Labute approximate surface area is 103 Å². The van der Waals surface area contributed by atoms with Gasteiger partial charge in [-0.2, -0.15) is 0 Å². The standard InChI is InChI=1S/C13H22N2O2/c1-8(2)9-4-5-10(12(6-9)17-3)13(15)11(14)7-16/h4-6,8,11,13,16H,7,14-15H2,1-3H3. The number of methoxy groups -OCH3 is 1. The average Bonchev–Trinajstić information content (AvgIpc) is 2.35. The third kappa shape index (κ3) is 3.19. The van der Waals surface area contributed by atoms with E-state index in [4.69, 9.17) is 21.3 Å². The van der Waals surface area contributed by atoms with Crippen LogP contribution < -0.4 is 16.2 Å². The number of aliphatic hydroxyl groups excluding tert-OH is 1. The van der Waals surface area contributed by atoms with Crippen LogP contribution in [0.1, 0.15) is 36.9 Å². The molecule has 0 bridgehead atoms. The quantitative estimate of drug-likeness (QED) is 0.718. The van der Waals surface area contributed by atoms with Crippen molar-refractivity contribution in [1.82, 2.24) is 0 Å². The summed E-state index contributed by atoms with van der Waals surface area (Å²) in [5.41, 5.74) is 13.7. The van der Waals surface area contributed by atoms with Crippen LogP contribution in [0.25, 0.3) is 0 Å². The van der Waals surface area contributed by atoms with E-state index in [1.54, 1.807) is 7.11 Å². The van der Waals surface area contributed by atoms with Crippen LogP contribution in [0.3, 0.4) is 0 Å². The van der Waals surface area contributed by atoms with Gasteiger partial charge in [0.25, 0.3) is 0 Å². The van der Waals surface area contributed by atoms with E-state index in [1.165, 1.54) is 5.56 Å². The molecule has 0 saturated heterocycles. The topological polar surface area (TPSA) is 81.5 Å². The van der Waals surface area contributed by atoms with E-state index in [-0.39, 0.29) is 6.61 Å². The number of aliphatic hydroxyl groups is 1. The third-order valence-electron chi connectivity index (χ3n) is 2.96. The molecule has 0 aliphatic rings. The van der Waals surface area contributed by atoms with Gasteiger partial charge >= 0.3 is 0 Å². The van der Waals surface area contributed by atoms with Gasteiger partial charge in [-0.15, -0.1) is 0 Å². The molecule has 0 heterocycles. The summed E-state index contributed by atoms with van der Waals surface area (Å²) in [5.74, 6) is 1.16. The van der Waals surface area contributed by atoms with Crippen LogP contribution in [0.2, 0.25) is 0 Å². The van der Waals surface area contributed by atoms with Gasteiger partial charge in [0.2, 0.25) is 0 Å². The van der Waals surface area contributed by atoms with Gasteiger partial charge in [-0.05, 0) is 17.5 Å². The van der Waals surface area contributed by atoms with Crippen LogP contribution in [0, 0.1) is 0 Å². The Kier molecular flexibility index (Phi) is 4.93. The van der Waals surface area contributed by atoms with Crippen molar-refractivity contribution in [2.75, 3.05) is 13.7 Å². The number of ether oxygens (including phenoxy) is 1. The first kappa shape index (κ1) is 14.0. The molecule has 0 radical (unpaired) electrons. The highest BCUT2D eigenvalue weighted by molar-refractivity contribution is 5.41. The van der Waals surface area contributed by atoms with Crippen molar-refractivity contribution >= 4 is 0 Å². The first-order chi connectivity index (χ1) is 8.01. The van der Waals surface area contributed by atoms with Crippen LogP contribution >= 0.6 is 0 Å². The van der Waals surface area contributed by atoms with Crippen LogP contribution in [-0.2, 0) is 0 Å². The zero-order valence-corrected chi connectivity index (χ0v) is 10.7. The summed E-state index contributed by atoms with van der Waals surface area (Å²) in [4.78, 5) is 0. The fourth-order valence-corrected chi connectivity index (χ4v) is 1.71. The maximum atomic E-state index is 9.03. The molecule has 2 atom stereocenters. The Morgan fingerprint density at radius 2 is 1.94 bits per heavy atom. The summed E-state index contributed by atoms with van der Waals surface area (Å²) < 4.78 is 5.33. The highest BCUT2D eigenvalue weighted by atomic mass is 16.5. The summed E-state index contributed by atoms with van der Waals surface area (Å²) in [7, 11) is 1.61. The normalized spacial score (nSPS) is 14.8. The van der Waals surface area contributed by atoms with E-state index in [0.29, 0.717) is 5.92 Å². The van der Waals surface area contributed by atoms with Gasteiger partial charge in [-0.1, -0.05) is 26.0 Å². The van der Waals surface area contributed by atoms with Crippen molar-refractivity contribution < 1.29 is 9.84 Å². The Morgan fingerprint density at radius 3 is 2.41 bits per heavy atom. The highest BCUT2D eigenvalue weighted by Crippen LogP contribution is 2.29. The molecule has 0 fully saturated rings. The number of hydrogen-bond donors (Lipinski definition) is 3. The van der Waals surface area contributed by atoms with E-state index in [1.807, 2.05) is 18.2 Å². The molecule has 17 heavy (non-hydrogen) atoms. The van der Waals surface area contributed by atoms with Crippen LogP contribution in [0.5, 0.6) is 5.75 Å². The first-order valence-electron chi connectivity index (χ1n) is 5.81. The fourth-order valence-electron chi connectivity index (χ4n) is 1.71. The molecule has 5 N–H and O–H groups in total. The minimum atomic E-state index is -0.478. The van der Waals surface area contributed by atoms with Crippen molar-refractivity contribution in [2.45, 2.75) is 31.8 Å². The third-order valence-corrected chi connectivity index (χ3v) is 2.96. The summed E-state index contributed by atoms with van der Waals surface area (Å²) in [6.45, 7) is 4.10. The van der Waals surface area contributed by atoms with E-state index in [9.17, 15) is 0 Å². The molecule has 0 amide bonds. The largest absolute Gasteiger partial charge is 0.496 e. The van der Waals surface area contributed by atoms with Gasteiger partial charge < -0.3 is 21.3 Å². The zero-order valence-electron chi connectivity index (χ0n) is 10.7. The second-order valence-electron chi connectivity index (χ2n) is 4.53. The van der Waals surface area contributed by atoms with E-state index >= 15 is 0 Å². The van der Waals surface area contributed by atoms with Crippen molar-refractivity contribution in [2.24, 2.45) is 11.5 Å². The van der Waals surface area contributed by atoms with Crippen molar-refractivity contribution in [1.29, 1.82) is 0 Å². The highest BCUT2D eigenvalue weighted by Gasteiger charge is 2.19. The van der Waals surface area contributed by atoms with E-state index in [0.717, 1.165) is 11.3 Å². The molecule has 0 saturated carbocycles. The molecule has 4 nitrogen and oxygen atoms in total. The molecular weight excluding hydrogens is 216 g/mol. The van der Waals surface area contributed by atoms with Gasteiger partial charge in [-0.25, -0.2) is 0 Å². The lowest BCUT2D eigenvalue weighted by molar-refractivity contribution is 0.248. The van der Waals surface area contributed by atoms with Crippen LogP contribution in [0.15, 0.2) is 18.2 Å². The van der Waals surface area contributed by atoms with Crippen molar-refractivity contribution in [3.8, 4) is 5.75 Å². The first-order valence-corrected chi connectivity index (χ1v) is 5.81. The average molecular weight is 238 g/mol. The lowest BCUT2D eigenvalue weighted by Gasteiger charge is -2.21. The molecule has 4 heteroatoms. The van der Waals surface area contributed by atoms with E-state index < -0.39 is 12.1 Å². The molecular formula is C13H22N2O2. The second-order valence-corrected chi connectivity index (χ2v) is 4.53. The molecule has 0 aliphatic heterocycles. The van der Waals surface area contributed by atoms with Gasteiger partial charge in [-0.3, -0.25) is 0 Å². The molecule has 0 aliphatic carbocycles. The van der Waals surface area contributed by atoms with Gasteiger partial charge in [0.1, 0.15) is 5.75 Å². The predicted octanol–water partition coefficient (Wildman–Crippen LogP) is 1.14. The summed E-state index contributed by atoms with van der Waals surface area (Å²) in [6, 6.07) is 5.02. The maximum absolute atomic E-state index is 9.03. The molecule has 1 rings (SSSR count). The predicted molar refractivity (Wildman–Crippen MR) is 69.1 cm³/mol. The zero-order chi connectivity index (χ0) is 13.0. The minimum absolute atomic E-state index is 0.143. The summed E-state index contributed by atoms with van der Waals surface area (Å²) in [5, 5.41) is 9.03. The molecule has 0 spiro atoms. The Morgan fingerprint density at radius 1 is 1.29 bits per heavy atom. The molecule has 2 unspecified atom stereocenters. The van der Waals surface area contributed by atoms with Crippen molar-refractivity contribution in [3.05, 3.63) is 29.3 Å². The molecule has 1 aromatic carbocycles. The Bertz CT molecular complexity index is 366. The smallest absolute Gasteiger partial charge is 0.123 e. The second kappa shape index (κ2) is 6.00. The Hall–Kier alpha value is -1.10. The Balaban J connectivity index is 3.08. The number of hydrogen-bond acceptors (Lipinski definition) is 4. The van der Waals surface area contributed by atoms with Crippen LogP contribution in [0.4, 0.5) is 0 Å². The number of benzene rings is 1. The molecule has 96 valence electrons. The van der Waals surface area contributed by atoms with E-state index in [2.05, 4.69) is 13.8 Å². The summed E-state index contributed by atoms with van der Waals surface area (Å²) in [6.07, 6.45) is 0.